The first-order valence-electron chi connectivity index (χ1n) is 10.1. The third-order valence-corrected chi connectivity index (χ3v) is 5.63. The molecule has 3 aromatic rings. The van der Waals surface area contributed by atoms with Gasteiger partial charge in [0.25, 0.3) is 0 Å². The molecule has 1 amide bonds. The maximum atomic E-state index is 12.7. The van der Waals surface area contributed by atoms with Gasteiger partial charge >= 0.3 is 5.63 Å². The first-order chi connectivity index (χ1) is 14.0. The maximum absolute atomic E-state index is 12.7. The van der Waals surface area contributed by atoms with Gasteiger partial charge in [0.2, 0.25) is 5.91 Å². The highest BCUT2D eigenvalue weighted by molar-refractivity contribution is 5.96. The van der Waals surface area contributed by atoms with Gasteiger partial charge in [-0.05, 0) is 36.6 Å². The summed E-state index contributed by atoms with van der Waals surface area (Å²) in [5.41, 5.74) is 4.00. The summed E-state index contributed by atoms with van der Waals surface area (Å²) >= 11 is 0. The summed E-state index contributed by atoms with van der Waals surface area (Å²) in [5.74, 6) is 0.714. The minimum absolute atomic E-state index is 0.0474. The normalized spacial score (nSPS) is 16.4. The van der Waals surface area contributed by atoms with Gasteiger partial charge < -0.3 is 14.1 Å². The van der Waals surface area contributed by atoms with Crippen LogP contribution in [0.1, 0.15) is 31.4 Å². The topological polar surface area (TPSA) is 59.8 Å². The van der Waals surface area contributed by atoms with Gasteiger partial charge in [0.1, 0.15) is 17.4 Å². The van der Waals surface area contributed by atoms with E-state index in [2.05, 4.69) is 0 Å². The Balaban J connectivity index is 1.76. The number of carbonyl (C=O) groups is 1. The van der Waals surface area contributed by atoms with Crippen LogP contribution in [0, 0.1) is 6.92 Å². The van der Waals surface area contributed by atoms with Crippen LogP contribution in [0.3, 0.4) is 0 Å². The Bertz CT molecular complexity index is 1130. The van der Waals surface area contributed by atoms with Crippen molar-refractivity contribution in [3.8, 4) is 16.9 Å². The summed E-state index contributed by atoms with van der Waals surface area (Å²) in [4.78, 5) is 26.0. The lowest BCUT2D eigenvalue weighted by molar-refractivity contribution is -0.128. The van der Waals surface area contributed by atoms with Crippen LogP contribution in [0.4, 0.5) is 0 Å². The van der Waals surface area contributed by atoms with E-state index in [1.54, 1.807) is 17.9 Å². The van der Waals surface area contributed by atoms with Crippen molar-refractivity contribution in [1.82, 2.24) is 4.90 Å². The quantitative estimate of drug-likeness (QED) is 0.621. The molecular formula is C24H25NO4. The minimum atomic E-state index is -0.306. The van der Waals surface area contributed by atoms with Crippen molar-refractivity contribution in [1.29, 1.82) is 0 Å². The number of likely N-dealkylation sites (tertiary alicyclic amines) is 1. The average Bonchev–Trinajstić information content (AvgIpc) is 3.16. The highest BCUT2D eigenvalue weighted by Crippen LogP contribution is 2.34. The minimum Gasteiger partial charge on any atom is -0.488 e. The van der Waals surface area contributed by atoms with E-state index < -0.39 is 0 Å². The molecule has 1 aliphatic rings. The summed E-state index contributed by atoms with van der Waals surface area (Å²) in [6.07, 6.45) is 1.35. The Hall–Kier alpha value is -3.08. The van der Waals surface area contributed by atoms with Gasteiger partial charge in [0.05, 0.1) is 6.54 Å². The Morgan fingerprint density at radius 3 is 2.72 bits per heavy atom. The first kappa shape index (κ1) is 19.2. The Labute approximate surface area is 169 Å². The number of fused-ring (bicyclic) bond motifs is 1. The molecule has 5 nitrogen and oxygen atoms in total. The smallest absolute Gasteiger partial charge is 0.340 e. The van der Waals surface area contributed by atoms with Crippen molar-refractivity contribution in [2.45, 2.75) is 39.7 Å². The number of aryl methyl sites for hydroxylation is 1. The van der Waals surface area contributed by atoms with Crippen LogP contribution in [0.25, 0.3) is 22.1 Å². The standard InChI is InChI=1S/C24H25NO4/c1-4-19-23(20-8-6-5-7-15(20)2)21-10-9-17(13-22(21)29-24(19)27)28-18-11-12-25(14-18)16(3)26/h5-10,13,18H,4,11-12,14H2,1-3H3/t18-/m0/s1. The van der Waals surface area contributed by atoms with Crippen molar-refractivity contribution in [3.05, 3.63) is 64.0 Å². The van der Waals surface area contributed by atoms with Crippen LogP contribution < -0.4 is 10.4 Å². The predicted octanol–water partition coefficient (Wildman–Crippen LogP) is 4.33. The number of benzene rings is 2. The molecule has 0 unspecified atom stereocenters. The molecule has 0 radical (unpaired) electrons. The van der Waals surface area contributed by atoms with Crippen molar-refractivity contribution in [2.24, 2.45) is 0 Å². The van der Waals surface area contributed by atoms with Crippen LogP contribution in [0.2, 0.25) is 0 Å². The molecule has 0 spiro atoms. The lowest BCUT2D eigenvalue weighted by atomic mass is 9.93. The number of amides is 1. The molecule has 1 aliphatic heterocycles. The molecule has 0 bridgehead atoms. The van der Waals surface area contributed by atoms with Crippen LogP contribution in [-0.2, 0) is 11.2 Å². The lowest BCUT2D eigenvalue weighted by Gasteiger charge is -2.17. The van der Waals surface area contributed by atoms with E-state index >= 15 is 0 Å². The fraction of sp³-hybridized carbons (Fsp3) is 0.333. The van der Waals surface area contributed by atoms with E-state index in [0.717, 1.165) is 28.5 Å². The number of rotatable bonds is 4. The van der Waals surface area contributed by atoms with Crippen LogP contribution in [0.15, 0.2) is 51.7 Å². The third-order valence-electron chi connectivity index (χ3n) is 5.63. The summed E-state index contributed by atoms with van der Waals surface area (Å²) in [6, 6.07) is 13.7. The van der Waals surface area contributed by atoms with E-state index in [1.165, 1.54) is 0 Å². The summed E-state index contributed by atoms with van der Waals surface area (Å²) in [7, 11) is 0. The summed E-state index contributed by atoms with van der Waals surface area (Å²) < 4.78 is 11.7. The first-order valence-corrected chi connectivity index (χ1v) is 10.1. The highest BCUT2D eigenvalue weighted by Gasteiger charge is 2.26. The van der Waals surface area contributed by atoms with Crippen LogP contribution in [0.5, 0.6) is 5.75 Å². The molecule has 1 saturated heterocycles. The Morgan fingerprint density at radius 2 is 2.03 bits per heavy atom. The van der Waals surface area contributed by atoms with Crippen LogP contribution in [-0.4, -0.2) is 30.0 Å². The SMILES string of the molecule is CCc1c(-c2ccccc2C)c2ccc(O[C@H]3CCN(C(C)=O)C3)cc2oc1=O. The monoisotopic (exact) mass is 391 g/mol. The molecule has 1 aromatic heterocycles. The zero-order chi connectivity index (χ0) is 20.5. The second-order valence-corrected chi connectivity index (χ2v) is 7.56. The van der Waals surface area contributed by atoms with Crippen LogP contribution >= 0.6 is 0 Å². The average molecular weight is 391 g/mol. The van der Waals surface area contributed by atoms with Gasteiger partial charge in [-0.3, -0.25) is 4.79 Å². The number of hydrogen-bond acceptors (Lipinski definition) is 4. The molecular weight excluding hydrogens is 366 g/mol. The summed E-state index contributed by atoms with van der Waals surface area (Å²) in [5, 5.41) is 0.903. The predicted molar refractivity (Wildman–Crippen MR) is 113 cm³/mol. The van der Waals surface area contributed by atoms with Crippen molar-refractivity contribution < 1.29 is 13.9 Å². The number of hydrogen-bond donors (Lipinski definition) is 0. The molecule has 0 saturated carbocycles. The number of carbonyl (C=O) groups excluding carboxylic acids is 1. The molecule has 1 atom stereocenters. The number of nitrogens with zero attached hydrogens (tertiary/aromatic N) is 1. The molecule has 29 heavy (non-hydrogen) atoms. The lowest BCUT2D eigenvalue weighted by Crippen LogP contribution is -2.28. The van der Waals surface area contributed by atoms with E-state index in [4.69, 9.17) is 9.15 Å². The molecule has 2 aromatic carbocycles. The van der Waals surface area contributed by atoms with Crippen molar-refractivity contribution in [3.63, 3.8) is 0 Å². The zero-order valence-corrected chi connectivity index (χ0v) is 17.0. The van der Waals surface area contributed by atoms with Crippen molar-refractivity contribution in [2.75, 3.05) is 13.1 Å². The molecule has 150 valence electrons. The van der Waals surface area contributed by atoms with E-state index in [1.807, 2.05) is 50.2 Å². The van der Waals surface area contributed by atoms with Gasteiger partial charge in [-0.1, -0.05) is 31.2 Å². The molecule has 1 fully saturated rings. The fourth-order valence-electron chi connectivity index (χ4n) is 4.08. The molecule has 0 aliphatic carbocycles. The fourth-order valence-corrected chi connectivity index (χ4v) is 4.08. The Kier molecular flexibility index (Phi) is 5.14. The van der Waals surface area contributed by atoms with E-state index in [9.17, 15) is 9.59 Å². The van der Waals surface area contributed by atoms with Crippen molar-refractivity contribution >= 4 is 16.9 Å². The zero-order valence-electron chi connectivity index (χ0n) is 17.0. The van der Waals surface area contributed by atoms with E-state index in [-0.39, 0.29) is 17.6 Å². The number of ether oxygens (including phenoxy) is 1. The molecule has 4 rings (SSSR count). The largest absolute Gasteiger partial charge is 0.488 e. The summed E-state index contributed by atoms with van der Waals surface area (Å²) in [6.45, 7) is 6.89. The van der Waals surface area contributed by atoms with E-state index in [0.29, 0.717) is 36.4 Å². The van der Waals surface area contributed by atoms with Gasteiger partial charge in [0, 0.05) is 42.5 Å². The Morgan fingerprint density at radius 1 is 1.24 bits per heavy atom. The van der Waals surface area contributed by atoms with Gasteiger partial charge in [-0.2, -0.15) is 0 Å². The second kappa shape index (κ2) is 7.74. The highest BCUT2D eigenvalue weighted by atomic mass is 16.5. The molecule has 5 heteroatoms. The molecule has 2 heterocycles. The maximum Gasteiger partial charge on any atom is 0.340 e. The third kappa shape index (κ3) is 3.65. The second-order valence-electron chi connectivity index (χ2n) is 7.56. The molecule has 0 N–H and O–H groups in total. The van der Waals surface area contributed by atoms with Gasteiger partial charge in [0.15, 0.2) is 0 Å². The van der Waals surface area contributed by atoms with Gasteiger partial charge in [-0.25, -0.2) is 4.79 Å². The van der Waals surface area contributed by atoms with Gasteiger partial charge in [-0.15, -0.1) is 0 Å².